The van der Waals surface area contributed by atoms with Gasteiger partial charge < -0.3 is 5.32 Å². The Bertz CT molecular complexity index is 312. The van der Waals surface area contributed by atoms with Gasteiger partial charge in [-0.25, -0.2) is 0 Å². The van der Waals surface area contributed by atoms with Gasteiger partial charge in [-0.05, 0) is 38.4 Å². The predicted molar refractivity (Wildman–Crippen MR) is 78.9 cm³/mol. The zero-order chi connectivity index (χ0) is 12.5. The van der Waals surface area contributed by atoms with Gasteiger partial charge in [0.2, 0.25) is 0 Å². The third kappa shape index (κ3) is 6.13. The Morgan fingerprint density at radius 2 is 2.06 bits per heavy atom. The lowest BCUT2D eigenvalue weighted by molar-refractivity contribution is 0.514. The Hall–Kier alpha value is -0.470. The molecule has 1 aromatic carbocycles. The molecule has 0 aliphatic heterocycles. The number of hydrogen-bond acceptors (Lipinski definition) is 2. The fraction of sp³-hybridized carbons (Fsp3) is 0.600. The molecule has 1 unspecified atom stereocenters. The number of hydrogen-bond donors (Lipinski definition) is 1. The first-order chi connectivity index (χ1) is 8.26. The second kappa shape index (κ2) is 8.60. The summed E-state index contributed by atoms with van der Waals surface area (Å²) < 4.78 is 0. The van der Waals surface area contributed by atoms with Crippen LogP contribution < -0.4 is 5.32 Å². The molecule has 0 aliphatic rings. The number of benzene rings is 1. The first kappa shape index (κ1) is 14.6. The molecule has 0 radical (unpaired) electrons. The third-order valence-electron chi connectivity index (χ3n) is 2.76. The molecule has 0 saturated carbocycles. The van der Waals surface area contributed by atoms with E-state index in [0.29, 0.717) is 6.04 Å². The summed E-state index contributed by atoms with van der Waals surface area (Å²) >= 11 is 1.97. The van der Waals surface area contributed by atoms with Gasteiger partial charge >= 0.3 is 0 Å². The minimum absolute atomic E-state index is 0.658. The fourth-order valence-electron chi connectivity index (χ4n) is 1.84. The van der Waals surface area contributed by atoms with Gasteiger partial charge in [-0.3, -0.25) is 0 Å². The van der Waals surface area contributed by atoms with Crippen LogP contribution in [0.5, 0.6) is 0 Å². The van der Waals surface area contributed by atoms with Gasteiger partial charge in [-0.1, -0.05) is 38.0 Å². The van der Waals surface area contributed by atoms with Crippen LogP contribution in [0, 0.1) is 6.92 Å². The molecule has 0 fully saturated rings. The smallest absolute Gasteiger partial charge is 0.0161 e. The average Bonchev–Trinajstić information content (AvgIpc) is 2.33. The molecule has 0 aliphatic carbocycles. The summed E-state index contributed by atoms with van der Waals surface area (Å²) in [5, 5.41) is 3.63. The number of rotatable bonds is 8. The van der Waals surface area contributed by atoms with Crippen molar-refractivity contribution in [2.75, 3.05) is 12.3 Å². The van der Waals surface area contributed by atoms with E-state index in [1.54, 1.807) is 0 Å². The van der Waals surface area contributed by atoms with Crippen LogP contribution in [0.25, 0.3) is 0 Å². The fourth-order valence-corrected chi connectivity index (χ4v) is 2.97. The lowest BCUT2D eigenvalue weighted by atomic mass is 10.2. The standard InChI is InChI=1S/C15H25NS/c1-4-7-14(16-10-5-2)12-17-15-9-6-8-13(3)11-15/h6,8-9,11,14,16H,4-5,7,10,12H2,1-3H3. The van der Waals surface area contributed by atoms with E-state index < -0.39 is 0 Å². The molecule has 1 N–H and O–H groups in total. The van der Waals surface area contributed by atoms with E-state index in [0.717, 1.165) is 6.54 Å². The third-order valence-corrected chi connectivity index (χ3v) is 3.92. The van der Waals surface area contributed by atoms with E-state index in [-0.39, 0.29) is 0 Å². The van der Waals surface area contributed by atoms with Crippen molar-refractivity contribution in [2.24, 2.45) is 0 Å². The van der Waals surface area contributed by atoms with E-state index in [1.165, 1.54) is 35.5 Å². The molecule has 1 rings (SSSR count). The summed E-state index contributed by atoms with van der Waals surface area (Å²) in [4.78, 5) is 1.39. The van der Waals surface area contributed by atoms with E-state index in [4.69, 9.17) is 0 Å². The average molecular weight is 251 g/mol. The van der Waals surface area contributed by atoms with Crippen LogP contribution in [-0.2, 0) is 0 Å². The Balaban J connectivity index is 2.39. The van der Waals surface area contributed by atoms with E-state index >= 15 is 0 Å². The molecule has 1 nitrogen and oxygen atoms in total. The molecule has 1 atom stereocenters. The number of nitrogens with one attached hydrogen (secondary N) is 1. The van der Waals surface area contributed by atoms with Gasteiger partial charge in [0.25, 0.3) is 0 Å². The van der Waals surface area contributed by atoms with Gasteiger partial charge in [0.15, 0.2) is 0 Å². The predicted octanol–water partition coefficient (Wildman–Crippen LogP) is 4.26. The summed E-state index contributed by atoms with van der Waals surface area (Å²) in [6.45, 7) is 7.78. The minimum atomic E-state index is 0.658. The lowest BCUT2D eigenvalue weighted by Gasteiger charge is -2.17. The maximum absolute atomic E-state index is 3.63. The number of aryl methyl sites for hydroxylation is 1. The van der Waals surface area contributed by atoms with Crippen molar-refractivity contribution >= 4 is 11.8 Å². The maximum Gasteiger partial charge on any atom is 0.0161 e. The largest absolute Gasteiger partial charge is 0.313 e. The first-order valence-electron chi connectivity index (χ1n) is 6.69. The highest BCUT2D eigenvalue weighted by atomic mass is 32.2. The Labute approximate surface area is 110 Å². The zero-order valence-corrected chi connectivity index (χ0v) is 12.1. The second-order valence-corrected chi connectivity index (χ2v) is 5.66. The highest BCUT2D eigenvalue weighted by molar-refractivity contribution is 7.99. The molecular weight excluding hydrogens is 226 g/mol. The summed E-state index contributed by atoms with van der Waals surface area (Å²) in [6, 6.07) is 9.44. The summed E-state index contributed by atoms with van der Waals surface area (Å²) in [5.41, 5.74) is 1.35. The molecule has 2 heteroatoms. The molecule has 1 aromatic rings. The second-order valence-electron chi connectivity index (χ2n) is 4.57. The van der Waals surface area contributed by atoms with Gasteiger partial charge in [-0.2, -0.15) is 0 Å². The van der Waals surface area contributed by atoms with Gasteiger partial charge in [0.05, 0.1) is 0 Å². The van der Waals surface area contributed by atoms with Crippen molar-refractivity contribution in [2.45, 2.75) is 51.0 Å². The van der Waals surface area contributed by atoms with Crippen molar-refractivity contribution in [1.82, 2.24) is 5.32 Å². The highest BCUT2D eigenvalue weighted by Gasteiger charge is 2.07. The topological polar surface area (TPSA) is 12.0 Å². The molecule has 96 valence electrons. The van der Waals surface area contributed by atoms with Gasteiger partial charge in [0, 0.05) is 16.7 Å². The van der Waals surface area contributed by atoms with Crippen molar-refractivity contribution < 1.29 is 0 Å². The van der Waals surface area contributed by atoms with E-state index in [2.05, 4.69) is 50.4 Å². The Kier molecular flexibility index (Phi) is 7.38. The van der Waals surface area contributed by atoms with Gasteiger partial charge in [-0.15, -0.1) is 11.8 Å². The summed E-state index contributed by atoms with van der Waals surface area (Å²) in [6.07, 6.45) is 3.75. The quantitative estimate of drug-likeness (QED) is 0.693. The zero-order valence-electron chi connectivity index (χ0n) is 11.3. The molecule has 0 saturated heterocycles. The highest BCUT2D eigenvalue weighted by Crippen LogP contribution is 2.20. The maximum atomic E-state index is 3.63. The molecule has 17 heavy (non-hydrogen) atoms. The summed E-state index contributed by atoms with van der Waals surface area (Å²) in [5.74, 6) is 1.18. The number of thioether (sulfide) groups is 1. The molecular formula is C15H25NS. The van der Waals surface area contributed by atoms with Crippen LogP contribution >= 0.6 is 11.8 Å². The van der Waals surface area contributed by atoms with Crippen LogP contribution in [0.2, 0.25) is 0 Å². The monoisotopic (exact) mass is 251 g/mol. The van der Waals surface area contributed by atoms with E-state index in [9.17, 15) is 0 Å². The van der Waals surface area contributed by atoms with E-state index in [1.807, 2.05) is 11.8 Å². The van der Waals surface area contributed by atoms with Crippen molar-refractivity contribution in [3.8, 4) is 0 Å². The minimum Gasteiger partial charge on any atom is -0.313 e. The normalized spacial score (nSPS) is 12.6. The van der Waals surface area contributed by atoms with Crippen molar-refractivity contribution in [3.63, 3.8) is 0 Å². The van der Waals surface area contributed by atoms with Crippen LogP contribution in [0.15, 0.2) is 29.2 Å². The molecule has 0 amide bonds. The van der Waals surface area contributed by atoms with Crippen molar-refractivity contribution in [1.29, 1.82) is 0 Å². The Morgan fingerprint density at radius 3 is 2.71 bits per heavy atom. The Morgan fingerprint density at radius 1 is 1.24 bits per heavy atom. The molecule has 0 bridgehead atoms. The molecule has 0 heterocycles. The molecule has 0 spiro atoms. The van der Waals surface area contributed by atoms with Crippen molar-refractivity contribution in [3.05, 3.63) is 29.8 Å². The summed E-state index contributed by atoms with van der Waals surface area (Å²) in [7, 11) is 0. The van der Waals surface area contributed by atoms with Crippen LogP contribution in [-0.4, -0.2) is 18.3 Å². The van der Waals surface area contributed by atoms with Crippen LogP contribution in [0.4, 0.5) is 0 Å². The van der Waals surface area contributed by atoms with Crippen LogP contribution in [0.1, 0.15) is 38.7 Å². The lowest BCUT2D eigenvalue weighted by Crippen LogP contribution is -2.31. The van der Waals surface area contributed by atoms with Gasteiger partial charge in [0.1, 0.15) is 0 Å². The first-order valence-corrected chi connectivity index (χ1v) is 7.67. The SMILES string of the molecule is CCCNC(CCC)CSc1cccc(C)c1. The van der Waals surface area contributed by atoms with Crippen LogP contribution in [0.3, 0.4) is 0 Å². The molecule has 0 aromatic heterocycles.